The number of hydrogen-bond acceptors (Lipinski definition) is 6. The summed E-state index contributed by atoms with van der Waals surface area (Å²) in [6.07, 6.45) is 0. The van der Waals surface area contributed by atoms with Crippen molar-refractivity contribution in [3.63, 3.8) is 0 Å². The number of primary sulfonamides is 1. The highest BCUT2D eigenvalue weighted by Crippen LogP contribution is 2.34. The molecule has 2 amide bonds. The topological polar surface area (TPSA) is 141 Å². The van der Waals surface area contributed by atoms with Crippen LogP contribution in [0.1, 0.15) is 26.3 Å². The SMILES string of the molecule is NS(=O)(=O)c1ccc(CN2C(=O)c3cccc4cc([N+](=O)[O-])cc(c34)C2=O)cc1. The van der Waals surface area contributed by atoms with Crippen LogP contribution < -0.4 is 5.14 Å². The summed E-state index contributed by atoms with van der Waals surface area (Å²) >= 11 is 0. The second-order valence-corrected chi connectivity index (χ2v) is 8.10. The monoisotopic (exact) mass is 411 g/mol. The molecule has 0 spiro atoms. The van der Waals surface area contributed by atoms with Crippen molar-refractivity contribution in [3.8, 4) is 0 Å². The second kappa shape index (κ2) is 6.47. The fourth-order valence-electron chi connectivity index (χ4n) is 3.36. The number of amides is 2. The molecule has 0 aromatic heterocycles. The third-order valence-electron chi connectivity index (χ3n) is 4.72. The van der Waals surface area contributed by atoms with Gasteiger partial charge in [-0.05, 0) is 29.1 Å². The molecule has 3 aromatic carbocycles. The van der Waals surface area contributed by atoms with Crippen LogP contribution in [0.4, 0.5) is 5.69 Å². The van der Waals surface area contributed by atoms with E-state index >= 15 is 0 Å². The normalized spacial score (nSPS) is 13.8. The van der Waals surface area contributed by atoms with Crippen molar-refractivity contribution in [2.75, 3.05) is 0 Å². The lowest BCUT2D eigenvalue weighted by molar-refractivity contribution is -0.384. The van der Waals surface area contributed by atoms with Crippen LogP contribution in [0.25, 0.3) is 10.8 Å². The van der Waals surface area contributed by atoms with Crippen LogP contribution in [0.5, 0.6) is 0 Å². The predicted molar refractivity (Wildman–Crippen MR) is 103 cm³/mol. The second-order valence-electron chi connectivity index (χ2n) is 6.54. The molecule has 0 unspecified atom stereocenters. The van der Waals surface area contributed by atoms with E-state index in [9.17, 15) is 28.1 Å². The van der Waals surface area contributed by atoms with E-state index in [-0.39, 0.29) is 28.3 Å². The number of rotatable bonds is 4. The van der Waals surface area contributed by atoms with Gasteiger partial charge in [0.1, 0.15) is 0 Å². The van der Waals surface area contributed by atoms with Crippen LogP contribution in [0.2, 0.25) is 0 Å². The van der Waals surface area contributed by atoms with Crippen LogP contribution in [0.15, 0.2) is 59.5 Å². The van der Waals surface area contributed by atoms with E-state index in [4.69, 9.17) is 5.14 Å². The van der Waals surface area contributed by atoms with Gasteiger partial charge in [0.15, 0.2) is 0 Å². The number of sulfonamides is 1. The zero-order valence-electron chi connectivity index (χ0n) is 14.7. The van der Waals surface area contributed by atoms with Crippen molar-refractivity contribution < 1.29 is 22.9 Å². The Balaban J connectivity index is 1.78. The first-order valence-electron chi connectivity index (χ1n) is 8.36. The quantitative estimate of drug-likeness (QED) is 0.396. The molecular weight excluding hydrogens is 398 g/mol. The van der Waals surface area contributed by atoms with Gasteiger partial charge < -0.3 is 0 Å². The lowest BCUT2D eigenvalue weighted by Gasteiger charge is -2.27. The largest absolute Gasteiger partial charge is 0.270 e. The van der Waals surface area contributed by atoms with Crippen molar-refractivity contribution in [3.05, 3.63) is 81.4 Å². The number of nitrogens with zero attached hydrogens (tertiary/aromatic N) is 2. The number of nitrogens with two attached hydrogens (primary N) is 1. The standard InChI is InChI=1S/C19H13N3O6S/c20-29(27,28)14-6-4-11(5-7-14)10-21-18(23)15-3-1-2-12-8-13(22(25)26)9-16(17(12)15)19(21)24/h1-9H,10H2,(H2,20,27,28). The van der Waals surface area contributed by atoms with Gasteiger partial charge in [-0.15, -0.1) is 0 Å². The number of carbonyl (C=O) groups is 2. The molecule has 3 aromatic rings. The summed E-state index contributed by atoms with van der Waals surface area (Å²) in [7, 11) is -3.87. The molecule has 0 aliphatic carbocycles. The average molecular weight is 411 g/mol. The molecule has 0 atom stereocenters. The van der Waals surface area contributed by atoms with E-state index in [1.807, 2.05) is 0 Å². The van der Waals surface area contributed by atoms with E-state index in [0.717, 1.165) is 11.0 Å². The fraction of sp³-hybridized carbons (Fsp3) is 0.0526. The van der Waals surface area contributed by atoms with Crippen LogP contribution in [0.3, 0.4) is 0 Å². The van der Waals surface area contributed by atoms with Crippen LogP contribution in [0, 0.1) is 10.1 Å². The molecule has 2 N–H and O–H groups in total. The summed E-state index contributed by atoms with van der Waals surface area (Å²) in [4.78, 5) is 37.4. The highest BCUT2D eigenvalue weighted by molar-refractivity contribution is 7.89. The van der Waals surface area contributed by atoms with E-state index in [1.54, 1.807) is 18.2 Å². The summed E-state index contributed by atoms with van der Waals surface area (Å²) in [6, 6.07) is 12.7. The van der Waals surface area contributed by atoms with E-state index in [0.29, 0.717) is 16.3 Å². The van der Waals surface area contributed by atoms with E-state index < -0.39 is 26.8 Å². The third kappa shape index (κ3) is 3.13. The lowest BCUT2D eigenvalue weighted by atomic mass is 9.93. The summed E-state index contributed by atoms with van der Waals surface area (Å²) in [5, 5.41) is 17.1. The summed E-state index contributed by atoms with van der Waals surface area (Å²) in [5.41, 5.74) is 0.601. The number of non-ortho nitro benzene ring substituents is 1. The zero-order valence-corrected chi connectivity index (χ0v) is 15.5. The van der Waals surface area contributed by atoms with Crippen molar-refractivity contribution in [2.24, 2.45) is 5.14 Å². The molecule has 9 nitrogen and oxygen atoms in total. The minimum Gasteiger partial charge on any atom is -0.270 e. The Bertz CT molecular complexity index is 1320. The van der Waals surface area contributed by atoms with Crippen molar-refractivity contribution >= 4 is 38.3 Å². The molecule has 1 aliphatic heterocycles. The van der Waals surface area contributed by atoms with Crippen LogP contribution in [-0.4, -0.2) is 30.1 Å². The minimum atomic E-state index is -3.87. The Kier molecular flexibility index (Phi) is 4.17. The highest BCUT2D eigenvalue weighted by Gasteiger charge is 2.34. The first-order chi connectivity index (χ1) is 13.7. The van der Waals surface area contributed by atoms with Gasteiger partial charge in [0, 0.05) is 23.1 Å². The molecular formula is C19H13N3O6S. The fourth-order valence-corrected chi connectivity index (χ4v) is 3.87. The van der Waals surface area contributed by atoms with E-state index in [1.165, 1.54) is 30.3 Å². The van der Waals surface area contributed by atoms with Crippen LogP contribution in [-0.2, 0) is 16.6 Å². The number of nitro benzene ring substituents is 1. The molecule has 146 valence electrons. The summed E-state index contributed by atoms with van der Waals surface area (Å²) in [6.45, 7) is -0.124. The van der Waals surface area contributed by atoms with Crippen molar-refractivity contribution in [1.82, 2.24) is 4.90 Å². The maximum absolute atomic E-state index is 13.0. The molecule has 0 bridgehead atoms. The summed E-state index contributed by atoms with van der Waals surface area (Å²) < 4.78 is 22.7. The number of carbonyl (C=O) groups excluding carboxylic acids is 2. The summed E-state index contributed by atoms with van der Waals surface area (Å²) in [5.74, 6) is -1.18. The van der Waals surface area contributed by atoms with Crippen LogP contribution >= 0.6 is 0 Å². The Morgan fingerprint density at radius 1 is 0.966 bits per heavy atom. The van der Waals surface area contributed by atoms with Gasteiger partial charge in [-0.1, -0.05) is 24.3 Å². The first-order valence-corrected chi connectivity index (χ1v) is 9.90. The highest BCUT2D eigenvalue weighted by atomic mass is 32.2. The molecule has 0 saturated carbocycles. The Morgan fingerprint density at radius 2 is 1.62 bits per heavy atom. The molecule has 0 saturated heterocycles. The smallest absolute Gasteiger partial charge is 0.270 e. The maximum Gasteiger partial charge on any atom is 0.270 e. The molecule has 1 heterocycles. The average Bonchev–Trinajstić information content (AvgIpc) is 2.68. The number of imide groups is 1. The van der Waals surface area contributed by atoms with Gasteiger partial charge in [0.05, 0.1) is 21.9 Å². The Morgan fingerprint density at radius 3 is 2.24 bits per heavy atom. The van der Waals surface area contributed by atoms with Gasteiger partial charge in [-0.3, -0.25) is 24.6 Å². The molecule has 4 rings (SSSR count). The van der Waals surface area contributed by atoms with Gasteiger partial charge in [-0.25, -0.2) is 13.6 Å². The minimum absolute atomic E-state index is 0.0746. The lowest BCUT2D eigenvalue weighted by Crippen LogP contribution is -2.39. The number of nitro groups is 1. The molecule has 29 heavy (non-hydrogen) atoms. The zero-order chi connectivity index (χ0) is 20.9. The number of benzene rings is 3. The molecule has 10 heteroatoms. The van der Waals surface area contributed by atoms with E-state index in [2.05, 4.69) is 0 Å². The Labute approximate surface area is 164 Å². The van der Waals surface area contributed by atoms with Crippen molar-refractivity contribution in [2.45, 2.75) is 11.4 Å². The number of hydrogen-bond donors (Lipinski definition) is 1. The molecule has 1 aliphatic rings. The Hall–Kier alpha value is -3.63. The predicted octanol–water partition coefficient (Wildman–Crippen LogP) is 2.19. The van der Waals surface area contributed by atoms with Gasteiger partial charge in [0.25, 0.3) is 17.5 Å². The molecule has 0 fully saturated rings. The molecule has 0 radical (unpaired) electrons. The van der Waals surface area contributed by atoms with Gasteiger partial charge >= 0.3 is 0 Å². The third-order valence-corrected chi connectivity index (χ3v) is 5.65. The first kappa shape index (κ1) is 18.7. The maximum atomic E-state index is 13.0. The van der Waals surface area contributed by atoms with Gasteiger partial charge in [-0.2, -0.15) is 0 Å². The van der Waals surface area contributed by atoms with Gasteiger partial charge in [0.2, 0.25) is 10.0 Å². The van der Waals surface area contributed by atoms with Crippen molar-refractivity contribution in [1.29, 1.82) is 0 Å².